The molecule has 1 aromatic carbocycles. The second-order valence-electron chi connectivity index (χ2n) is 6.47. The van der Waals surface area contributed by atoms with E-state index in [-0.39, 0.29) is 35.0 Å². The number of aliphatic imine (C=N–C) groups is 1. The summed E-state index contributed by atoms with van der Waals surface area (Å²) in [6.45, 7) is 7.42. The molecule has 2 N–H and O–H groups in total. The van der Waals surface area contributed by atoms with E-state index in [1.165, 1.54) is 5.56 Å². The number of hydrogen-bond donors (Lipinski definition) is 2. The Kier molecular flexibility index (Phi) is 6.67. The Balaban J connectivity index is 0.00000242. The van der Waals surface area contributed by atoms with Crippen LogP contribution in [-0.2, 0) is 11.3 Å². The van der Waals surface area contributed by atoms with E-state index in [1.807, 2.05) is 25.2 Å². The van der Waals surface area contributed by atoms with Crippen molar-refractivity contribution in [3.8, 4) is 0 Å². The smallest absolute Gasteiger partial charge is 0.191 e. The number of ether oxygens (including phenoxy) is 1. The largest absolute Gasteiger partial charge is 0.378 e. The molecule has 0 aromatic heterocycles. The van der Waals surface area contributed by atoms with Gasteiger partial charge in [0, 0.05) is 32.2 Å². The van der Waals surface area contributed by atoms with Crippen LogP contribution < -0.4 is 10.6 Å². The number of nitrogens with one attached hydrogen (secondary N) is 2. The molecule has 2 atom stereocenters. The van der Waals surface area contributed by atoms with Gasteiger partial charge < -0.3 is 15.4 Å². The number of nitrogens with zero attached hydrogens (tertiary/aromatic N) is 1. The molecule has 0 radical (unpaired) electrons. The molecule has 0 spiro atoms. The van der Waals surface area contributed by atoms with Crippen LogP contribution in [-0.4, -0.2) is 31.8 Å². The lowest BCUT2D eigenvalue weighted by molar-refractivity contribution is -0.176. The van der Waals surface area contributed by atoms with Crippen LogP contribution in [0.2, 0.25) is 0 Å². The van der Waals surface area contributed by atoms with E-state index in [2.05, 4.69) is 48.5 Å². The van der Waals surface area contributed by atoms with Crippen LogP contribution in [0.1, 0.15) is 32.8 Å². The first-order valence-corrected chi connectivity index (χ1v) is 7.49. The summed E-state index contributed by atoms with van der Waals surface area (Å²) in [6.07, 6.45) is 0.989. The average molecular weight is 417 g/mol. The Hall–Kier alpha value is -0.820. The summed E-state index contributed by atoms with van der Waals surface area (Å²) < 4.78 is 5.66. The Morgan fingerprint density at radius 2 is 1.91 bits per heavy atom. The van der Waals surface area contributed by atoms with Crippen LogP contribution in [0.5, 0.6) is 0 Å². The molecule has 2 rings (SSSR count). The second kappa shape index (κ2) is 7.64. The molecule has 22 heavy (non-hydrogen) atoms. The third-order valence-electron chi connectivity index (χ3n) is 5.12. The summed E-state index contributed by atoms with van der Waals surface area (Å²) in [5.74, 6) is 0.843. The fraction of sp³-hybridized carbons (Fsp3) is 0.588. The number of benzene rings is 1. The minimum atomic E-state index is -0.0665. The van der Waals surface area contributed by atoms with Gasteiger partial charge in [-0.1, -0.05) is 44.2 Å². The zero-order chi connectivity index (χ0) is 15.5. The Morgan fingerprint density at radius 3 is 2.41 bits per heavy atom. The number of rotatable bonds is 4. The molecular formula is C17H28IN3O. The lowest BCUT2D eigenvalue weighted by atomic mass is 9.56. The summed E-state index contributed by atoms with van der Waals surface area (Å²) in [4.78, 5) is 4.32. The average Bonchev–Trinajstić information content (AvgIpc) is 2.50. The molecule has 1 aliphatic rings. The Bertz CT molecular complexity index is 504. The number of hydrogen-bond acceptors (Lipinski definition) is 2. The first-order valence-electron chi connectivity index (χ1n) is 7.49. The second-order valence-corrected chi connectivity index (χ2v) is 6.47. The first-order chi connectivity index (χ1) is 9.93. The highest BCUT2D eigenvalue weighted by molar-refractivity contribution is 14.0. The van der Waals surface area contributed by atoms with Gasteiger partial charge in [-0.3, -0.25) is 4.99 Å². The van der Waals surface area contributed by atoms with Crippen LogP contribution in [0.3, 0.4) is 0 Å². The van der Waals surface area contributed by atoms with Crippen molar-refractivity contribution in [1.82, 2.24) is 10.6 Å². The summed E-state index contributed by atoms with van der Waals surface area (Å²) >= 11 is 0. The van der Waals surface area contributed by atoms with Crippen molar-refractivity contribution in [3.05, 3.63) is 35.9 Å². The van der Waals surface area contributed by atoms with Gasteiger partial charge in [0.25, 0.3) is 0 Å². The molecule has 1 fully saturated rings. The predicted octanol–water partition coefficient (Wildman–Crippen LogP) is 3.17. The van der Waals surface area contributed by atoms with E-state index in [1.54, 1.807) is 7.11 Å². The minimum Gasteiger partial charge on any atom is -0.378 e. The topological polar surface area (TPSA) is 45.7 Å². The Morgan fingerprint density at radius 1 is 1.27 bits per heavy atom. The highest BCUT2D eigenvalue weighted by Gasteiger charge is 2.57. The summed E-state index contributed by atoms with van der Waals surface area (Å²) in [5.41, 5.74) is 1.25. The zero-order valence-corrected chi connectivity index (χ0v) is 16.5. The van der Waals surface area contributed by atoms with Crippen LogP contribution in [0.25, 0.3) is 0 Å². The molecule has 1 aromatic rings. The van der Waals surface area contributed by atoms with Crippen molar-refractivity contribution < 1.29 is 4.74 Å². The molecule has 5 heteroatoms. The molecule has 4 nitrogen and oxygen atoms in total. The zero-order valence-electron chi connectivity index (χ0n) is 14.1. The van der Waals surface area contributed by atoms with Gasteiger partial charge in [-0.25, -0.2) is 0 Å². The molecule has 1 saturated carbocycles. The standard InChI is InChI=1S/C17H27N3O.HI/c1-16(2)14(11-17(16,3)21-5)20-15(18-4)19-12-13-9-7-6-8-10-13;/h6-10,14H,11-12H2,1-5H3,(H2,18,19,20);1H. The molecule has 0 amide bonds. The van der Waals surface area contributed by atoms with Crippen molar-refractivity contribution in [1.29, 1.82) is 0 Å². The maximum atomic E-state index is 5.66. The Labute approximate surface area is 151 Å². The number of halogens is 1. The van der Waals surface area contributed by atoms with Gasteiger partial charge >= 0.3 is 0 Å². The van der Waals surface area contributed by atoms with E-state index >= 15 is 0 Å². The van der Waals surface area contributed by atoms with Crippen LogP contribution in [0, 0.1) is 5.41 Å². The quantitative estimate of drug-likeness (QED) is 0.450. The normalized spacial score (nSPS) is 26.6. The molecule has 0 aliphatic heterocycles. The van der Waals surface area contributed by atoms with Gasteiger partial charge in [0.1, 0.15) is 0 Å². The fourth-order valence-electron chi connectivity index (χ4n) is 2.86. The number of methoxy groups -OCH3 is 1. The van der Waals surface area contributed by atoms with Crippen molar-refractivity contribution in [2.24, 2.45) is 10.4 Å². The minimum absolute atomic E-state index is 0. The third-order valence-corrected chi connectivity index (χ3v) is 5.12. The maximum Gasteiger partial charge on any atom is 0.191 e. The first kappa shape index (κ1) is 19.2. The van der Waals surface area contributed by atoms with Gasteiger partial charge in [-0.2, -0.15) is 0 Å². The highest BCUT2D eigenvalue weighted by atomic mass is 127. The van der Waals surface area contributed by atoms with E-state index < -0.39 is 0 Å². The predicted molar refractivity (Wildman–Crippen MR) is 103 cm³/mol. The molecular weight excluding hydrogens is 389 g/mol. The summed E-state index contributed by atoms with van der Waals surface area (Å²) in [6, 6.07) is 10.7. The van der Waals surface area contributed by atoms with Gasteiger partial charge in [0.05, 0.1) is 5.60 Å². The van der Waals surface area contributed by atoms with Gasteiger partial charge in [0.15, 0.2) is 5.96 Å². The van der Waals surface area contributed by atoms with E-state index in [0.717, 1.165) is 18.9 Å². The van der Waals surface area contributed by atoms with Crippen LogP contribution in [0.15, 0.2) is 35.3 Å². The van der Waals surface area contributed by atoms with E-state index in [4.69, 9.17) is 4.74 Å². The SMILES string of the molecule is CN=C(NCc1ccccc1)NC1CC(C)(OC)C1(C)C.I. The van der Waals surface area contributed by atoms with E-state index in [9.17, 15) is 0 Å². The molecule has 124 valence electrons. The van der Waals surface area contributed by atoms with Gasteiger partial charge in [-0.05, 0) is 18.9 Å². The lowest BCUT2D eigenvalue weighted by Crippen LogP contribution is -2.69. The van der Waals surface area contributed by atoms with Crippen LogP contribution >= 0.6 is 24.0 Å². The maximum absolute atomic E-state index is 5.66. The monoisotopic (exact) mass is 417 g/mol. The lowest BCUT2D eigenvalue weighted by Gasteiger charge is -2.59. The number of guanidine groups is 1. The molecule has 1 aliphatic carbocycles. The molecule has 0 heterocycles. The molecule has 2 unspecified atom stereocenters. The molecule has 0 saturated heterocycles. The van der Waals surface area contributed by atoms with Crippen molar-refractivity contribution in [3.63, 3.8) is 0 Å². The van der Waals surface area contributed by atoms with E-state index in [0.29, 0.717) is 6.04 Å². The van der Waals surface area contributed by atoms with Gasteiger partial charge in [0.2, 0.25) is 0 Å². The van der Waals surface area contributed by atoms with Crippen molar-refractivity contribution in [2.75, 3.05) is 14.2 Å². The van der Waals surface area contributed by atoms with Crippen molar-refractivity contribution >= 4 is 29.9 Å². The van der Waals surface area contributed by atoms with Gasteiger partial charge in [-0.15, -0.1) is 24.0 Å². The highest BCUT2D eigenvalue weighted by Crippen LogP contribution is 2.51. The fourth-order valence-corrected chi connectivity index (χ4v) is 2.86. The van der Waals surface area contributed by atoms with Crippen molar-refractivity contribution in [2.45, 2.75) is 45.4 Å². The summed E-state index contributed by atoms with van der Waals surface area (Å²) in [5, 5.41) is 6.88. The van der Waals surface area contributed by atoms with Crippen LogP contribution in [0.4, 0.5) is 0 Å². The third kappa shape index (κ3) is 3.74. The summed E-state index contributed by atoms with van der Waals surface area (Å²) in [7, 11) is 3.60. The molecule has 0 bridgehead atoms.